The molecule has 1 unspecified atom stereocenters. The SMILES string of the molecule is CN(C)S(=O)(=O)CC(N)C(=O)N[C@@H](CCCc1ccccc1)B1O[C@@H]2C[C@@H]3C[C@@H](C3(C)C)[C@]2(C)O1. The minimum Gasteiger partial charge on any atom is -0.404 e. The van der Waals surface area contributed by atoms with Crippen molar-refractivity contribution in [2.75, 3.05) is 19.8 Å². The Morgan fingerprint density at radius 2 is 1.91 bits per heavy atom. The average Bonchev–Trinajstić information content (AvgIpc) is 3.15. The first-order valence-corrected chi connectivity index (χ1v) is 14.3. The minimum atomic E-state index is -3.61. The zero-order chi connectivity index (χ0) is 25.6. The number of carbonyl (C=O) groups excluding carboxylic acids is 1. The van der Waals surface area contributed by atoms with E-state index in [1.54, 1.807) is 0 Å². The van der Waals surface area contributed by atoms with E-state index in [9.17, 15) is 13.2 Å². The molecule has 1 heterocycles. The van der Waals surface area contributed by atoms with Crippen LogP contribution in [0.25, 0.3) is 0 Å². The van der Waals surface area contributed by atoms with E-state index >= 15 is 0 Å². The van der Waals surface area contributed by atoms with Crippen molar-refractivity contribution in [2.24, 2.45) is 23.0 Å². The van der Waals surface area contributed by atoms with E-state index in [2.05, 4.69) is 38.2 Å². The predicted molar refractivity (Wildman–Crippen MR) is 137 cm³/mol. The first-order valence-electron chi connectivity index (χ1n) is 12.7. The molecule has 3 N–H and O–H groups in total. The van der Waals surface area contributed by atoms with Gasteiger partial charge in [0.15, 0.2) is 0 Å². The maximum absolute atomic E-state index is 13.0. The van der Waals surface area contributed by atoms with Crippen LogP contribution in [0, 0.1) is 17.3 Å². The molecular weight excluding hydrogens is 465 g/mol. The van der Waals surface area contributed by atoms with Crippen molar-refractivity contribution in [2.45, 2.75) is 76.6 Å². The highest BCUT2D eigenvalue weighted by molar-refractivity contribution is 7.89. The topological polar surface area (TPSA) is 111 Å². The van der Waals surface area contributed by atoms with Crippen LogP contribution in [0.2, 0.25) is 0 Å². The molecule has 35 heavy (non-hydrogen) atoms. The number of amides is 1. The first kappa shape index (κ1) is 26.6. The second kappa shape index (κ2) is 9.78. The van der Waals surface area contributed by atoms with Crippen LogP contribution in [0.4, 0.5) is 0 Å². The number of hydrogen-bond donors (Lipinski definition) is 2. The molecule has 0 spiro atoms. The summed E-state index contributed by atoms with van der Waals surface area (Å²) < 4.78 is 38.6. The molecular formula is C25H40BN3O5S. The van der Waals surface area contributed by atoms with Crippen LogP contribution >= 0.6 is 0 Å². The van der Waals surface area contributed by atoms with Crippen molar-refractivity contribution in [3.05, 3.63) is 35.9 Å². The van der Waals surface area contributed by atoms with Gasteiger partial charge in [-0.1, -0.05) is 44.2 Å². The molecule has 2 bridgehead atoms. The van der Waals surface area contributed by atoms with E-state index in [-0.39, 0.29) is 17.1 Å². The molecule has 1 aromatic rings. The van der Waals surface area contributed by atoms with E-state index in [1.807, 2.05) is 18.2 Å². The van der Waals surface area contributed by atoms with Gasteiger partial charge in [0.25, 0.3) is 0 Å². The van der Waals surface area contributed by atoms with Gasteiger partial charge in [-0.05, 0) is 61.8 Å². The molecule has 4 fully saturated rings. The molecule has 1 saturated heterocycles. The molecule has 10 heteroatoms. The maximum atomic E-state index is 13.0. The Kier molecular flexibility index (Phi) is 7.43. The van der Waals surface area contributed by atoms with Gasteiger partial charge in [-0.25, -0.2) is 12.7 Å². The summed E-state index contributed by atoms with van der Waals surface area (Å²) in [6.45, 7) is 6.78. The van der Waals surface area contributed by atoms with Gasteiger partial charge in [-0.3, -0.25) is 4.79 Å². The van der Waals surface area contributed by atoms with E-state index in [4.69, 9.17) is 15.0 Å². The summed E-state index contributed by atoms with van der Waals surface area (Å²) in [6, 6.07) is 9.02. The fourth-order valence-corrected chi connectivity index (χ4v) is 7.16. The van der Waals surface area contributed by atoms with Crippen molar-refractivity contribution >= 4 is 23.0 Å². The summed E-state index contributed by atoms with van der Waals surface area (Å²) in [5.74, 6) is -0.326. The molecule has 8 nitrogen and oxygen atoms in total. The number of benzene rings is 1. The Morgan fingerprint density at radius 3 is 2.54 bits per heavy atom. The number of hydrogen-bond acceptors (Lipinski definition) is 6. The third kappa shape index (κ3) is 5.18. The highest BCUT2D eigenvalue weighted by Crippen LogP contribution is 2.65. The molecule has 4 aliphatic rings. The van der Waals surface area contributed by atoms with Gasteiger partial charge in [0.1, 0.15) is 0 Å². The van der Waals surface area contributed by atoms with E-state index in [0.717, 1.165) is 30.0 Å². The Morgan fingerprint density at radius 1 is 1.23 bits per heavy atom. The number of aryl methyl sites for hydroxylation is 1. The molecule has 1 amide bonds. The maximum Gasteiger partial charge on any atom is 0.481 e. The van der Waals surface area contributed by atoms with Crippen molar-refractivity contribution in [3.8, 4) is 0 Å². The third-order valence-electron chi connectivity index (χ3n) is 8.73. The van der Waals surface area contributed by atoms with Gasteiger partial charge in [0.2, 0.25) is 15.9 Å². The molecule has 3 saturated carbocycles. The Bertz CT molecular complexity index is 1020. The number of carbonyl (C=O) groups is 1. The monoisotopic (exact) mass is 505 g/mol. The van der Waals surface area contributed by atoms with Crippen molar-refractivity contribution in [1.29, 1.82) is 0 Å². The molecule has 1 aromatic carbocycles. The Hall–Kier alpha value is -1.46. The third-order valence-corrected chi connectivity index (χ3v) is 10.6. The van der Waals surface area contributed by atoms with E-state index < -0.39 is 40.8 Å². The summed E-state index contributed by atoms with van der Waals surface area (Å²) >= 11 is 0. The van der Waals surface area contributed by atoms with Crippen molar-refractivity contribution in [3.63, 3.8) is 0 Å². The van der Waals surface area contributed by atoms with Crippen molar-refractivity contribution in [1.82, 2.24) is 9.62 Å². The largest absolute Gasteiger partial charge is 0.481 e. The molecule has 0 aromatic heterocycles. The Labute approximate surface area is 210 Å². The fourth-order valence-electron chi connectivity index (χ4n) is 6.26. The quantitative estimate of drug-likeness (QED) is 0.471. The first-order chi connectivity index (χ1) is 16.3. The molecule has 0 radical (unpaired) electrons. The Balaban J connectivity index is 1.46. The van der Waals surface area contributed by atoms with Gasteiger partial charge in [-0.2, -0.15) is 0 Å². The zero-order valence-electron chi connectivity index (χ0n) is 21.6. The summed E-state index contributed by atoms with van der Waals surface area (Å²) in [6.07, 6.45) is 4.43. The van der Waals surface area contributed by atoms with Gasteiger partial charge in [0.05, 0.1) is 29.4 Å². The smallest absolute Gasteiger partial charge is 0.404 e. The number of nitrogens with two attached hydrogens (primary N) is 1. The standard InChI is InChI=1S/C25H40BN3O5S/c1-24(2)18-14-20(24)25(3)21(15-18)33-26(34-25)22(13-9-12-17-10-7-6-8-11-17)28-23(30)19(27)16-35(31,32)29(4)5/h6-8,10-11,18-22H,9,12-16,27H2,1-5H3,(H,28,30)/t18-,19?,20-,21+,22-,25-/m0/s1. The highest BCUT2D eigenvalue weighted by atomic mass is 32.2. The van der Waals surface area contributed by atoms with Gasteiger partial charge < -0.3 is 20.4 Å². The van der Waals surface area contributed by atoms with Crippen LogP contribution in [0.3, 0.4) is 0 Å². The highest BCUT2D eigenvalue weighted by Gasteiger charge is 2.68. The van der Waals surface area contributed by atoms with Crippen LogP contribution in [-0.2, 0) is 30.5 Å². The van der Waals surface area contributed by atoms with Crippen LogP contribution in [-0.4, -0.2) is 69.3 Å². The van der Waals surface area contributed by atoms with E-state index in [1.165, 1.54) is 19.7 Å². The van der Waals surface area contributed by atoms with E-state index in [0.29, 0.717) is 18.3 Å². The van der Waals surface area contributed by atoms with Crippen LogP contribution < -0.4 is 11.1 Å². The normalized spacial score (nSPS) is 30.9. The summed E-state index contributed by atoms with van der Waals surface area (Å²) in [5, 5.41) is 2.99. The lowest BCUT2D eigenvalue weighted by atomic mass is 9.43. The van der Waals surface area contributed by atoms with Crippen molar-refractivity contribution < 1.29 is 22.5 Å². The second-order valence-electron chi connectivity index (χ2n) is 11.5. The number of nitrogens with zero attached hydrogens (tertiary/aromatic N) is 1. The fraction of sp³-hybridized carbons (Fsp3) is 0.720. The zero-order valence-corrected chi connectivity index (χ0v) is 22.4. The van der Waals surface area contributed by atoms with Gasteiger partial charge >= 0.3 is 7.12 Å². The molecule has 6 atom stereocenters. The van der Waals surface area contributed by atoms with Gasteiger partial charge in [0, 0.05) is 14.1 Å². The van der Waals surface area contributed by atoms with Gasteiger partial charge in [-0.15, -0.1) is 0 Å². The van der Waals surface area contributed by atoms with Crippen LogP contribution in [0.5, 0.6) is 0 Å². The van der Waals surface area contributed by atoms with Crippen LogP contribution in [0.1, 0.15) is 52.0 Å². The average molecular weight is 505 g/mol. The summed E-state index contributed by atoms with van der Waals surface area (Å²) in [5.41, 5.74) is 7.07. The lowest BCUT2D eigenvalue weighted by Gasteiger charge is -2.64. The number of sulfonamides is 1. The number of nitrogens with one attached hydrogen (secondary N) is 1. The second-order valence-corrected chi connectivity index (χ2v) is 13.7. The lowest BCUT2D eigenvalue weighted by Crippen LogP contribution is -2.65. The summed E-state index contributed by atoms with van der Waals surface area (Å²) in [7, 11) is -1.33. The molecule has 194 valence electrons. The predicted octanol–water partition coefficient (Wildman–Crippen LogP) is 1.98. The molecule has 1 aliphatic heterocycles. The lowest BCUT2D eigenvalue weighted by molar-refractivity contribution is -0.199. The summed E-state index contributed by atoms with van der Waals surface area (Å²) in [4.78, 5) is 13.0. The minimum absolute atomic E-state index is 0.000549. The van der Waals surface area contributed by atoms with Crippen LogP contribution in [0.15, 0.2) is 30.3 Å². The molecule has 3 aliphatic carbocycles. The molecule has 5 rings (SSSR count). The number of rotatable bonds is 10.